The van der Waals surface area contributed by atoms with Crippen molar-refractivity contribution in [3.8, 4) is 0 Å². The summed E-state index contributed by atoms with van der Waals surface area (Å²) in [6.45, 7) is 3.07. The maximum absolute atomic E-state index is 11.2. The molecular formula is C14H19NO2. The van der Waals surface area contributed by atoms with Gasteiger partial charge in [-0.25, -0.2) is 0 Å². The number of hydrogen-bond donors (Lipinski definition) is 0. The lowest BCUT2D eigenvalue weighted by atomic mass is 10.1. The Bertz CT molecular complexity index is 364. The number of methoxy groups -OCH3 is 1. The third-order valence-corrected chi connectivity index (χ3v) is 3.30. The highest BCUT2D eigenvalue weighted by Crippen LogP contribution is 2.21. The summed E-state index contributed by atoms with van der Waals surface area (Å²) in [5, 5.41) is 0. The third-order valence-electron chi connectivity index (χ3n) is 3.30. The number of nitrogens with zero attached hydrogens (tertiary/aromatic N) is 1. The number of hydrogen-bond acceptors (Lipinski definition) is 3. The number of ether oxygens (including phenoxy) is 1. The van der Waals surface area contributed by atoms with Crippen LogP contribution in [0.15, 0.2) is 30.3 Å². The molecule has 1 aromatic carbocycles. The topological polar surface area (TPSA) is 29.5 Å². The molecule has 0 bridgehead atoms. The molecule has 0 radical (unpaired) electrons. The first-order valence-electron chi connectivity index (χ1n) is 6.11. The van der Waals surface area contributed by atoms with E-state index < -0.39 is 0 Å². The number of carbonyl (C=O) groups excluding carboxylic acids is 1. The molecule has 1 heterocycles. The number of benzene rings is 1. The molecule has 1 atom stereocenters. The van der Waals surface area contributed by atoms with Crippen molar-refractivity contribution < 1.29 is 9.53 Å². The molecule has 0 spiro atoms. The molecule has 2 rings (SSSR count). The first-order chi connectivity index (χ1) is 8.28. The van der Waals surface area contributed by atoms with Crippen LogP contribution in [-0.2, 0) is 16.1 Å². The van der Waals surface area contributed by atoms with Crippen LogP contribution in [0, 0.1) is 5.92 Å². The van der Waals surface area contributed by atoms with Gasteiger partial charge in [-0.2, -0.15) is 0 Å². The van der Waals surface area contributed by atoms with Gasteiger partial charge in [-0.05, 0) is 24.4 Å². The Labute approximate surface area is 102 Å². The van der Waals surface area contributed by atoms with Crippen LogP contribution in [0.25, 0.3) is 0 Å². The van der Waals surface area contributed by atoms with E-state index >= 15 is 0 Å². The smallest absolute Gasteiger partial charge is 0.305 e. The van der Waals surface area contributed by atoms with Crippen molar-refractivity contribution in [3.05, 3.63) is 35.9 Å². The van der Waals surface area contributed by atoms with Gasteiger partial charge in [0.25, 0.3) is 0 Å². The van der Waals surface area contributed by atoms with Crippen LogP contribution in [0.3, 0.4) is 0 Å². The minimum atomic E-state index is -0.0865. The molecule has 0 saturated carbocycles. The fourth-order valence-corrected chi connectivity index (χ4v) is 2.38. The molecule has 3 heteroatoms. The average molecular weight is 233 g/mol. The minimum Gasteiger partial charge on any atom is -0.469 e. The van der Waals surface area contributed by atoms with Crippen molar-refractivity contribution in [2.75, 3.05) is 20.2 Å². The van der Waals surface area contributed by atoms with E-state index in [1.54, 1.807) is 0 Å². The lowest BCUT2D eigenvalue weighted by Gasteiger charge is -2.15. The normalized spacial score (nSPS) is 20.4. The monoisotopic (exact) mass is 233 g/mol. The van der Waals surface area contributed by atoms with Crippen molar-refractivity contribution in [2.24, 2.45) is 5.92 Å². The van der Waals surface area contributed by atoms with E-state index in [2.05, 4.69) is 29.2 Å². The van der Waals surface area contributed by atoms with Crippen LogP contribution < -0.4 is 0 Å². The zero-order valence-corrected chi connectivity index (χ0v) is 10.3. The van der Waals surface area contributed by atoms with Crippen LogP contribution in [-0.4, -0.2) is 31.1 Å². The van der Waals surface area contributed by atoms with Crippen LogP contribution in [0.5, 0.6) is 0 Å². The zero-order valence-electron chi connectivity index (χ0n) is 10.3. The Morgan fingerprint density at radius 3 is 2.88 bits per heavy atom. The molecule has 17 heavy (non-hydrogen) atoms. The predicted octanol–water partition coefficient (Wildman–Crippen LogP) is 2.07. The Morgan fingerprint density at radius 1 is 1.41 bits per heavy atom. The Hall–Kier alpha value is -1.35. The van der Waals surface area contributed by atoms with Crippen molar-refractivity contribution in [3.63, 3.8) is 0 Å². The summed E-state index contributed by atoms with van der Waals surface area (Å²) >= 11 is 0. The van der Waals surface area contributed by atoms with Crippen molar-refractivity contribution in [1.82, 2.24) is 4.90 Å². The molecule has 1 aromatic rings. The van der Waals surface area contributed by atoms with Gasteiger partial charge in [-0.1, -0.05) is 30.3 Å². The van der Waals surface area contributed by atoms with Gasteiger partial charge in [0.15, 0.2) is 0 Å². The zero-order chi connectivity index (χ0) is 12.1. The molecule has 92 valence electrons. The summed E-state index contributed by atoms with van der Waals surface area (Å²) in [6.07, 6.45) is 1.66. The van der Waals surface area contributed by atoms with E-state index in [-0.39, 0.29) is 5.97 Å². The van der Waals surface area contributed by atoms with Gasteiger partial charge in [0, 0.05) is 19.5 Å². The van der Waals surface area contributed by atoms with Gasteiger partial charge in [0.1, 0.15) is 0 Å². The van der Waals surface area contributed by atoms with Crippen LogP contribution in [0.2, 0.25) is 0 Å². The molecule has 0 aliphatic carbocycles. The summed E-state index contributed by atoms with van der Waals surface area (Å²) in [7, 11) is 1.46. The van der Waals surface area contributed by atoms with Crippen LogP contribution >= 0.6 is 0 Å². The second-order valence-electron chi connectivity index (χ2n) is 4.66. The Kier molecular flexibility index (Phi) is 4.15. The maximum atomic E-state index is 11.2. The SMILES string of the molecule is COC(=O)C[C@H]1CCN(Cc2ccccc2)C1. The van der Waals surface area contributed by atoms with Gasteiger partial charge in [-0.3, -0.25) is 9.69 Å². The van der Waals surface area contributed by atoms with E-state index in [9.17, 15) is 4.79 Å². The summed E-state index contributed by atoms with van der Waals surface area (Å²) in [4.78, 5) is 13.6. The van der Waals surface area contributed by atoms with Crippen molar-refractivity contribution in [1.29, 1.82) is 0 Å². The second kappa shape index (κ2) is 5.82. The van der Waals surface area contributed by atoms with Crippen molar-refractivity contribution >= 4 is 5.97 Å². The Morgan fingerprint density at radius 2 is 2.18 bits per heavy atom. The summed E-state index contributed by atoms with van der Waals surface area (Å²) in [6, 6.07) is 10.5. The van der Waals surface area contributed by atoms with E-state index in [0.717, 1.165) is 26.1 Å². The molecule has 0 N–H and O–H groups in total. The third kappa shape index (κ3) is 3.56. The van der Waals surface area contributed by atoms with Gasteiger partial charge < -0.3 is 4.74 Å². The molecule has 3 nitrogen and oxygen atoms in total. The summed E-state index contributed by atoms with van der Waals surface area (Å²) in [5.74, 6) is 0.378. The minimum absolute atomic E-state index is 0.0865. The number of carbonyl (C=O) groups is 1. The van der Waals surface area contributed by atoms with E-state index in [4.69, 9.17) is 4.74 Å². The lowest BCUT2D eigenvalue weighted by Crippen LogP contribution is -2.21. The molecule has 0 unspecified atom stereocenters. The molecule has 1 aliphatic heterocycles. The van der Waals surface area contributed by atoms with E-state index in [1.165, 1.54) is 12.7 Å². The molecule has 1 saturated heterocycles. The average Bonchev–Trinajstić information content (AvgIpc) is 2.77. The lowest BCUT2D eigenvalue weighted by molar-refractivity contribution is -0.141. The standard InChI is InChI=1S/C14H19NO2/c1-17-14(16)9-13-7-8-15(11-13)10-12-5-3-2-4-6-12/h2-6,13H,7-11H2,1H3/t13-/m1/s1. The van der Waals surface area contributed by atoms with Gasteiger partial charge in [-0.15, -0.1) is 0 Å². The van der Waals surface area contributed by atoms with E-state index in [0.29, 0.717) is 12.3 Å². The van der Waals surface area contributed by atoms with Crippen LogP contribution in [0.4, 0.5) is 0 Å². The number of esters is 1. The molecule has 1 fully saturated rings. The molecule has 1 aliphatic rings. The highest BCUT2D eigenvalue weighted by Gasteiger charge is 2.24. The highest BCUT2D eigenvalue weighted by atomic mass is 16.5. The van der Waals surface area contributed by atoms with Gasteiger partial charge >= 0.3 is 5.97 Å². The van der Waals surface area contributed by atoms with Gasteiger partial charge in [0.05, 0.1) is 7.11 Å². The predicted molar refractivity (Wildman–Crippen MR) is 66.5 cm³/mol. The molecule has 0 amide bonds. The summed E-state index contributed by atoms with van der Waals surface area (Å²) < 4.78 is 4.71. The first-order valence-corrected chi connectivity index (χ1v) is 6.11. The largest absolute Gasteiger partial charge is 0.469 e. The fraction of sp³-hybridized carbons (Fsp3) is 0.500. The Balaban J connectivity index is 1.80. The fourth-order valence-electron chi connectivity index (χ4n) is 2.38. The maximum Gasteiger partial charge on any atom is 0.305 e. The first kappa shape index (κ1) is 12.1. The highest BCUT2D eigenvalue weighted by molar-refractivity contribution is 5.69. The summed E-state index contributed by atoms with van der Waals surface area (Å²) in [5.41, 5.74) is 1.34. The molecular weight excluding hydrogens is 214 g/mol. The second-order valence-corrected chi connectivity index (χ2v) is 4.66. The number of likely N-dealkylation sites (tertiary alicyclic amines) is 1. The van der Waals surface area contributed by atoms with Crippen molar-refractivity contribution in [2.45, 2.75) is 19.4 Å². The van der Waals surface area contributed by atoms with E-state index in [1.807, 2.05) is 6.07 Å². The van der Waals surface area contributed by atoms with Crippen LogP contribution in [0.1, 0.15) is 18.4 Å². The molecule has 0 aromatic heterocycles. The van der Waals surface area contributed by atoms with Gasteiger partial charge in [0.2, 0.25) is 0 Å². The quantitative estimate of drug-likeness (QED) is 0.746. The number of rotatable bonds is 4.